The molecule has 0 saturated carbocycles. The molecule has 1 aliphatic rings. The number of anilines is 1. The average Bonchev–Trinajstić information content (AvgIpc) is 2.95. The van der Waals surface area contributed by atoms with Gasteiger partial charge in [-0.15, -0.1) is 11.3 Å². The van der Waals surface area contributed by atoms with Gasteiger partial charge in [0.15, 0.2) is 5.13 Å². The van der Waals surface area contributed by atoms with Gasteiger partial charge < -0.3 is 0 Å². The summed E-state index contributed by atoms with van der Waals surface area (Å²) in [6.07, 6.45) is 5.80. The molecule has 1 aliphatic heterocycles. The summed E-state index contributed by atoms with van der Waals surface area (Å²) >= 11 is 1.48. The number of hydrogen-bond acceptors (Lipinski definition) is 5. The summed E-state index contributed by atoms with van der Waals surface area (Å²) in [5.41, 5.74) is 1.63. The van der Waals surface area contributed by atoms with Gasteiger partial charge in [0.2, 0.25) is 0 Å². The van der Waals surface area contributed by atoms with Gasteiger partial charge in [0.25, 0.3) is 5.91 Å². The molecule has 2 aromatic rings. The zero-order chi connectivity index (χ0) is 15.4. The van der Waals surface area contributed by atoms with E-state index in [0.29, 0.717) is 10.7 Å². The third kappa shape index (κ3) is 3.90. The number of rotatable bonds is 4. The molecular formula is C16H20N4OS. The second kappa shape index (κ2) is 6.98. The fraction of sp³-hybridized carbons (Fsp3) is 0.438. The molecule has 0 spiro atoms. The van der Waals surface area contributed by atoms with Crippen LogP contribution in [0, 0.1) is 5.92 Å². The molecule has 6 heteroatoms. The standard InChI is InChI=1S/C16H20N4OS/c1-12-3-2-8-20(9-12)10-14-11-22-16(18-14)19-15(21)13-4-6-17-7-5-13/h4-7,11-12H,2-3,8-10H2,1H3,(H,18,19,21). The third-order valence-electron chi connectivity index (χ3n) is 3.84. The molecule has 22 heavy (non-hydrogen) atoms. The number of carbonyl (C=O) groups is 1. The van der Waals surface area contributed by atoms with E-state index in [1.165, 1.54) is 24.2 Å². The predicted molar refractivity (Wildman–Crippen MR) is 88.0 cm³/mol. The van der Waals surface area contributed by atoms with Crippen molar-refractivity contribution in [3.63, 3.8) is 0 Å². The zero-order valence-corrected chi connectivity index (χ0v) is 13.5. The molecule has 116 valence electrons. The smallest absolute Gasteiger partial charge is 0.257 e. The number of likely N-dealkylation sites (tertiary alicyclic amines) is 1. The predicted octanol–water partition coefficient (Wildman–Crippen LogP) is 3.02. The molecule has 0 bridgehead atoms. The number of thiazole rings is 1. The molecule has 0 radical (unpaired) electrons. The molecular weight excluding hydrogens is 296 g/mol. The normalized spacial score (nSPS) is 19.0. The zero-order valence-electron chi connectivity index (χ0n) is 12.7. The van der Waals surface area contributed by atoms with Crippen LogP contribution in [-0.4, -0.2) is 33.9 Å². The summed E-state index contributed by atoms with van der Waals surface area (Å²) in [5, 5.41) is 5.53. The first-order valence-corrected chi connectivity index (χ1v) is 8.47. The minimum Gasteiger partial charge on any atom is -0.298 e. The molecule has 5 nitrogen and oxygen atoms in total. The van der Waals surface area contributed by atoms with Gasteiger partial charge in [-0.3, -0.25) is 20.0 Å². The Morgan fingerprint density at radius 1 is 1.45 bits per heavy atom. The molecule has 1 atom stereocenters. The molecule has 2 aromatic heterocycles. The van der Waals surface area contributed by atoms with Crippen molar-refractivity contribution in [2.45, 2.75) is 26.3 Å². The van der Waals surface area contributed by atoms with Gasteiger partial charge in [0, 0.05) is 36.4 Å². The number of amides is 1. The quantitative estimate of drug-likeness (QED) is 0.942. The lowest BCUT2D eigenvalue weighted by Crippen LogP contribution is -2.33. The molecule has 1 saturated heterocycles. The SMILES string of the molecule is CC1CCCN(Cc2csc(NC(=O)c3ccncc3)n2)C1. The van der Waals surface area contributed by atoms with Crippen molar-refractivity contribution >= 4 is 22.4 Å². The number of nitrogens with zero attached hydrogens (tertiary/aromatic N) is 3. The summed E-state index contributed by atoms with van der Waals surface area (Å²) in [6, 6.07) is 3.39. The number of nitrogens with one attached hydrogen (secondary N) is 1. The van der Waals surface area contributed by atoms with E-state index in [-0.39, 0.29) is 5.91 Å². The van der Waals surface area contributed by atoms with E-state index in [2.05, 4.69) is 27.1 Å². The van der Waals surface area contributed by atoms with E-state index < -0.39 is 0 Å². The Bertz CT molecular complexity index is 628. The Morgan fingerprint density at radius 3 is 3.05 bits per heavy atom. The van der Waals surface area contributed by atoms with Crippen LogP contribution < -0.4 is 5.32 Å². The maximum Gasteiger partial charge on any atom is 0.257 e. The molecule has 0 aromatic carbocycles. The van der Waals surface area contributed by atoms with Crippen LogP contribution in [0.25, 0.3) is 0 Å². The molecule has 1 N–H and O–H groups in total. The fourth-order valence-corrected chi connectivity index (χ4v) is 3.47. The van der Waals surface area contributed by atoms with Crippen LogP contribution in [0.4, 0.5) is 5.13 Å². The van der Waals surface area contributed by atoms with Gasteiger partial charge in [0.1, 0.15) is 0 Å². The van der Waals surface area contributed by atoms with Crippen molar-refractivity contribution < 1.29 is 4.79 Å². The lowest BCUT2D eigenvalue weighted by molar-refractivity contribution is 0.102. The van der Waals surface area contributed by atoms with Gasteiger partial charge in [-0.1, -0.05) is 6.92 Å². The maximum absolute atomic E-state index is 12.1. The molecule has 1 fully saturated rings. The summed E-state index contributed by atoms with van der Waals surface area (Å²) < 4.78 is 0. The van der Waals surface area contributed by atoms with Gasteiger partial charge in [0.05, 0.1) is 5.69 Å². The van der Waals surface area contributed by atoms with E-state index in [0.717, 1.165) is 31.2 Å². The summed E-state index contributed by atoms with van der Waals surface area (Å²) in [7, 11) is 0. The molecule has 3 rings (SSSR count). The Hall–Kier alpha value is -1.79. The maximum atomic E-state index is 12.1. The highest BCUT2D eigenvalue weighted by atomic mass is 32.1. The van der Waals surface area contributed by atoms with Crippen molar-refractivity contribution in [3.05, 3.63) is 41.2 Å². The van der Waals surface area contributed by atoms with Gasteiger partial charge >= 0.3 is 0 Å². The first-order valence-electron chi connectivity index (χ1n) is 7.59. The Balaban J connectivity index is 1.58. The fourth-order valence-electron chi connectivity index (χ4n) is 2.77. The minimum atomic E-state index is -0.144. The minimum absolute atomic E-state index is 0.144. The second-order valence-electron chi connectivity index (χ2n) is 5.82. The van der Waals surface area contributed by atoms with Crippen molar-refractivity contribution in [2.24, 2.45) is 5.92 Å². The average molecular weight is 316 g/mol. The molecule has 1 amide bonds. The van der Waals surface area contributed by atoms with Crippen LogP contribution in [0.15, 0.2) is 29.9 Å². The lowest BCUT2D eigenvalue weighted by atomic mass is 10.0. The monoisotopic (exact) mass is 316 g/mol. The van der Waals surface area contributed by atoms with Crippen LogP contribution in [0.1, 0.15) is 35.8 Å². The van der Waals surface area contributed by atoms with Crippen LogP contribution in [0.3, 0.4) is 0 Å². The largest absolute Gasteiger partial charge is 0.298 e. The second-order valence-corrected chi connectivity index (χ2v) is 6.67. The van der Waals surface area contributed by atoms with E-state index in [1.807, 2.05) is 5.38 Å². The van der Waals surface area contributed by atoms with E-state index in [1.54, 1.807) is 24.5 Å². The van der Waals surface area contributed by atoms with Crippen LogP contribution in [0.5, 0.6) is 0 Å². The summed E-state index contributed by atoms with van der Waals surface area (Å²) in [6.45, 7) is 5.44. The Kier molecular flexibility index (Phi) is 4.80. The van der Waals surface area contributed by atoms with E-state index >= 15 is 0 Å². The van der Waals surface area contributed by atoms with Crippen molar-refractivity contribution in [3.8, 4) is 0 Å². The van der Waals surface area contributed by atoms with Crippen molar-refractivity contribution in [1.29, 1.82) is 0 Å². The van der Waals surface area contributed by atoms with Gasteiger partial charge in [-0.25, -0.2) is 4.98 Å². The number of pyridine rings is 1. The molecule has 3 heterocycles. The first-order chi connectivity index (χ1) is 10.7. The number of piperidine rings is 1. The Morgan fingerprint density at radius 2 is 2.27 bits per heavy atom. The van der Waals surface area contributed by atoms with Gasteiger partial charge in [-0.05, 0) is 37.4 Å². The number of hydrogen-bond donors (Lipinski definition) is 1. The summed E-state index contributed by atoms with van der Waals surface area (Å²) in [4.78, 5) is 23.0. The highest BCUT2D eigenvalue weighted by Crippen LogP contribution is 2.21. The highest BCUT2D eigenvalue weighted by Gasteiger charge is 2.17. The van der Waals surface area contributed by atoms with Crippen molar-refractivity contribution in [2.75, 3.05) is 18.4 Å². The lowest BCUT2D eigenvalue weighted by Gasteiger charge is -2.30. The molecule has 0 aliphatic carbocycles. The first kappa shape index (κ1) is 15.1. The van der Waals surface area contributed by atoms with E-state index in [9.17, 15) is 4.79 Å². The highest BCUT2D eigenvalue weighted by molar-refractivity contribution is 7.13. The van der Waals surface area contributed by atoms with Crippen molar-refractivity contribution in [1.82, 2.24) is 14.9 Å². The van der Waals surface area contributed by atoms with Crippen LogP contribution in [-0.2, 0) is 6.54 Å². The third-order valence-corrected chi connectivity index (χ3v) is 4.65. The Labute approximate surface area is 134 Å². The van der Waals surface area contributed by atoms with Crippen LogP contribution in [0.2, 0.25) is 0 Å². The number of carbonyl (C=O) groups excluding carboxylic acids is 1. The van der Waals surface area contributed by atoms with E-state index in [4.69, 9.17) is 0 Å². The van der Waals surface area contributed by atoms with Crippen LogP contribution >= 0.6 is 11.3 Å². The number of aromatic nitrogens is 2. The van der Waals surface area contributed by atoms with Gasteiger partial charge in [-0.2, -0.15) is 0 Å². The summed E-state index contributed by atoms with van der Waals surface area (Å²) in [5.74, 6) is 0.619. The topological polar surface area (TPSA) is 58.1 Å². The molecule has 1 unspecified atom stereocenters.